The van der Waals surface area contributed by atoms with Gasteiger partial charge in [0.1, 0.15) is 11.9 Å². The summed E-state index contributed by atoms with van der Waals surface area (Å²) in [4.78, 5) is 11.4. The fourth-order valence-corrected chi connectivity index (χ4v) is 4.45. The van der Waals surface area contributed by atoms with Crippen LogP contribution in [0.3, 0.4) is 0 Å². The van der Waals surface area contributed by atoms with Crippen LogP contribution >= 0.6 is 23.8 Å². The first-order chi connectivity index (χ1) is 15.1. The third kappa shape index (κ3) is 3.69. The van der Waals surface area contributed by atoms with Gasteiger partial charge in [-0.1, -0.05) is 23.7 Å². The second kappa shape index (κ2) is 8.13. The molecule has 4 heterocycles. The van der Waals surface area contributed by atoms with E-state index >= 15 is 0 Å². The number of aryl methyl sites for hydroxylation is 1. The van der Waals surface area contributed by atoms with Crippen molar-refractivity contribution in [2.45, 2.75) is 19.0 Å². The van der Waals surface area contributed by atoms with Gasteiger partial charge in [-0.2, -0.15) is 0 Å². The van der Waals surface area contributed by atoms with Gasteiger partial charge in [-0.05, 0) is 79.3 Å². The first kappa shape index (κ1) is 19.7. The zero-order chi connectivity index (χ0) is 21.4. The zero-order valence-corrected chi connectivity index (χ0v) is 18.4. The SMILES string of the molecule is Cc1ccc(-n2cccc2[C@H]2[C@@H](c3ccccn3)NC(=S)N2c2ccc(Cl)cc2)nc1. The molecule has 0 saturated carbocycles. The van der Waals surface area contributed by atoms with Crippen molar-refractivity contribution in [1.29, 1.82) is 0 Å². The molecule has 1 fully saturated rings. The summed E-state index contributed by atoms with van der Waals surface area (Å²) in [6, 6.07) is 21.7. The number of thiocarbonyl (C=S) groups is 1. The molecule has 31 heavy (non-hydrogen) atoms. The number of nitrogens with zero attached hydrogens (tertiary/aromatic N) is 4. The van der Waals surface area contributed by atoms with E-state index in [0.29, 0.717) is 10.1 Å². The summed E-state index contributed by atoms with van der Waals surface area (Å²) < 4.78 is 2.11. The Morgan fingerprint density at radius 1 is 0.968 bits per heavy atom. The molecule has 0 radical (unpaired) electrons. The van der Waals surface area contributed by atoms with Gasteiger partial charge in [0.15, 0.2) is 5.11 Å². The van der Waals surface area contributed by atoms with Gasteiger partial charge < -0.3 is 14.8 Å². The Balaban J connectivity index is 1.66. The number of nitrogens with one attached hydrogen (secondary N) is 1. The lowest BCUT2D eigenvalue weighted by Gasteiger charge is -2.28. The summed E-state index contributed by atoms with van der Waals surface area (Å²) >= 11 is 11.9. The van der Waals surface area contributed by atoms with Gasteiger partial charge in [0.25, 0.3) is 0 Å². The summed E-state index contributed by atoms with van der Waals surface area (Å²) in [7, 11) is 0. The summed E-state index contributed by atoms with van der Waals surface area (Å²) in [6.45, 7) is 2.03. The predicted octanol–water partition coefficient (Wildman–Crippen LogP) is 5.41. The zero-order valence-electron chi connectivity index (χ0n) is 16.8. The molecular formula is C24H20ClN5S. The Labute approximate surface area is 191 Å². The lowest BCUT2D eigenvalue weighted by atomic mass is 10.0. The number of hydrogen-bond donors (Lipinski definition) is 1. The van der Waals surface area contributed by atoms with Crippen LogP contribution in [0.1, 0.15) is 29.0 Å². The molecular weight excluding hydrogens is 426 g/mol. The normalized spacial score (nSPS) is 18.3. The summed E-state index contributed by atoms with van der Waals surface area (Å²) in [5.74, 6) is 0.860. The molecule has 1 aromatic carbocycles. The van der Waals surface area contributed by atoms with Crippen LogP contribution in [0.15, 0.2) is 85.3 Å². The van der Waals surface area contributed by atoms with E-state index in [-0.39, 0.29) is 12.1 Å². The van der Waals surface area contributed by atoms with Gasteiger partial charge in [0, 0.05) is 35.0 Å². The molecule has 3 aromatic heterocycles. The first-order valence-corrected chi connectivity index (χ1v) is 10.8. The molecule has 5 nitrogen and oxygen atoms in total. The van der Waals surface area contributed by atoms with Crippen LogP contribution in [0.4, 0.5) is 5.69 Å². The van der Waals surface area contributed by atoms with Crippen molar-refractivity contribution < 1.29 is 0 Å². The Morgan fingerprint density at radius 2 is 1.81 bits per heavy atom. The first-order valence-electron chi connectivity index (χ1n) is 9.98. The molecule has 0 unspecified atom stereocenters. The minimum atomic E-state index is -0.123. The predicted molar refractivity (Wildman–Crippen MR) is 128 cm³/mol. The van der Waals surface area contributed by atoms with Gasteiger partial charge in [-0.15, -0.1) is 0 Å². The third-order valence-corrected chi connectivity index (χ3v) is 6.00. The summed E-state index contributed by atoms with van der Waals surface area (Å²) in [5, 5.41) is 4.82. The lowest BCUT2D eigenvalue weighted by Crippen LogP contribution is -2.30. The number of aromatic nitrogens is 3. The average molecular weight is 446 g/mol. The molecule has 0 spiro atoms. The Hall–Kier alpha value is -3.22. The van der Waals surface area contributed by atoms with Crippen molar-refractivity contribution in [1.82, 2.24) is 19.9 Å². The second-order valence-electron chi connectivity index (χ2n) is 7.47. The van der Waals surface area contributed by atoms with Crippen LogP contribution in [-0.2, 0) is 0 Å². The number of halogens is 1. The van der Waals surface area contributed by atoms with Gasteiger partial charge in [0.2, 0.25) is 0 Å². The van der Waals surface area contributed by atoms with Gasteiger partial charge in [-0.3, -0.25) is 4.98 Å². The molecule has 2 atom stereocenters. The fraction of sp³-hybridized carbons (Fsp3) is 0.125. The van der Waals surface area contributed by atoms with Crippen LogP contribution in [0.5, 0.6) is 0 Å². The Bertz CT molecular complexity index is 1200. The highest BCUT2D eigenvalue weighted by Gasteiger charge is 2.42. The molecule has 1 aliphatic heterocycles. The van der Waals surface area contributed by atoms with E-state index in [1.165, 1.54) is 0 Å². The minimum absolute atomic E-state index is 0.122. The minimum Gasteiger partial charge on any atom is -0.351 e. The van der Waals surface area contributed by atoms with E-state index in [2.05, 4.69) is 36.9 Å². The standard InChI is InChI=1S/C24H20ClN5S/c1-16-7-12-21(27-15-16)29-14-4-6-20(29)23-22(19-5-2-3-13-26-19)28-24(31)30(23)18-10-8-17(25)9-11-18/h2-15,22-23H,1H3,(H,28,31)/t22-,23+/m1/s1. The van der Waals surface area contributed by atoms with Crippen molar-refractivity contribution in [2.75, 3.05) is 4.90 Å². The van der Waals surface area contributed by atoms with E-state index in [1.54, 1.807) is 0 Å². The molecule has 7 heteroatoms. The molecule has 1 aliphatic rings. The van der Waals surface area contributed by atoms with Crippen LogP contribution in [0.2, 0.25) is 5.02 Å². The van der Waals surface area contributed by atoms with Crippen LogP contribution in [0, 0.1) is 6.92 Å². The van der Waals surface area contributed by atoms with Crippen LogP contribution in [0.25, 0.3) is 5.82 Å². The van der Waals surface area contributed by atoms with Crippen LogP contribution in [-0.4, -0.2) is 19.6 Å². The largest absolute Gasteiger partial charge is 0.351 e. The van der Waals surface area contributed by atoms with Crippen molar-refractivity contribution in [3.8, 4) is 5.82 Å². The maximum atomic E-state index is 6.14. The Kier molecular flexibility index (Phi) is 5.18. The van der Waals surface area contributed by atoms with E-state index in [9.17, 15) is 0 Å². The van der Waals surface area contributed by atoms with Crippen molar-refractivity contribution in [3.05, 3.63) is 107 Å². The molecule has 0 bridgehead atoms. The van der Waals surface area contributed by atoms with Gasteiger partial charge in [-0.25, -0.2) is 4.98 Å². The van der Waals surface area contributed by atoms with Crippen LogP contribution < -0.4 is 10.2 Å². The highest BCUT2D eigenvalue weighted by Crippen LogP contribution is 2.42. The quantitative estimate of drug-likeness (QED) is 0.426. The van der Waals surface area contributed by atoms with Gasteiger partial charge >= 0.3 is 0 Å². The van der Waals surface area contributed by atoms with E-state index < -0.39 is 0 Å². The number of pyridine rings is 2. The van der Waals surface area contributed by atoms with Crippen molar-refractivity contribution >= 4 is 34.6 Å². The molecule has 5 rings (SSSR count). The highest BCUT2D eigenvalue weighted by molar-refractivity contribution is 7.80. The van der Waals surface area contributed by atoms with Gasteiger partial charge in [0.05, 0.1) is 11.7 Å². The Morgan fingerprint density at radius 3 is 2.52 bits per heavy atom. The van der Waals surface area contributed by atoms with E-state index in [0.717, 1.165) is 28.5 Å². The molecule has 154 valence electrons. The second-order valence-corrected chi connectivity index (χ2v) is 8.29. The molecule has 4 aromatic rings. The summed E-state index contributed by atoms with van der Waals surface area (Å²) in [5.41, 5.74) is 4.08. The van der Waals surface area contributed by atoms with Crippen molar-refractivity contribution in [2.24, 2.45) is 0 Å². The smallest absolute Gasteiger partial charge is 0.174 e. The maximum Gasteiger partial charge on any atom is 0.174 e. The highest BCUT2D eigenvalue weighted by atomic mass is 35.5. The molecule has 1 N–H and O–H groups in total. The monoisotopic (exact) mass is 445 g/mol. The summed E-state index contributed by atoms with van der Waals surface area (Å²) in [6.07, 6.45) is 5.72. The molecule has 0 aliphatic carbocycles. The van der Waals surface area contributed by atoms with Crippen molar-refractivity contribution in [3.63, 3.8) is 0 Å². The van der Waals surface area contributed by atoms with E-state index in [1.807, 2.05) is 80.1 Å². The number of rotatable bonds is 4. The maximum absolute atomic E-state index is 6.14. The third-order valence-electron chi connectivity index (χ3n) is 5.43. The molecule has 0 amide bonds. The molecule has 1 saturated heterocycles. The number of benzene rings is 1. The topological polar surface area (TPSA) is 46.0 Å². The van der Waals surface area contributed by atoms with E-state index in [4.69, 9.17) is 23.8 Å². The average Bonchev–Trinajstić information content (AvgIpc) is 3.40. The number of hydrogen-bond acceptors (Lipinski definition) is 3. The number of anilines is 1. The fourth-order valence-electron chi connectivity index (χ4n) is 3.98. The lowest BCUT2D eigenvalue weighted by molar-refractivity contribution is 0.548.